The number of rotatable bonds is 6. The molecule has 0 aliphatic heterocycles. The van der Waals surface area contributed by atoms with Gasteiger partial charge in [0.1, 0.15) is 0 Å². The van der Waals surface area contributed by atoms with Crippen molar-refractivity contribution in [2.24, 2.45) is 0 Å². The number of aromatic nitrogens is 2. The molecular formula is C18H15Cl2N5O2S2. The first-order valence-corrected chi connectivity index (χ1v) is 10.9. The Morgan fingerprint density at radius 2 is 1.62 bits per heavy atom. The molecule has 0 saturated carbocycles. The zero-order chi connectivity index (χ0) is 20.9. The van der Waals surface area contributed by atoms with Gasteiger partial charge in [-0.25, -0.2) is 8.42 Å². The first-order valence-electron chi connectivity index (χ1n) is 8.23. The number of nitrogens with zero attached hydrogens (tertiary/aromatic N) is 2. The van der Waals surface area contributed by atoms with Crippen LogP contribution in [-0.2, 0) is 16.6 Å². The Balaban J connectivity index is 1.58. The molecule has 1 heterocycles. The van der Waals surface area contributed by atoms with E-state index in [1.54, 1.807) is 24.3 Å². The highest BCUT2D eigenvalue weighted by Crippen LogP contribution is 2.17. The summed E-state index contributed by atoms with van der Waals surface area (Å²) in [6.45, 7) is 0.529. The van der Waals surface area contributed by atoms with Gasteiger partial charge < -0.3 is 10.6 Å². The molecule has 3 N–H and O–H groups in total. The fraction of sp³-hybridized carbons (Fsp3) is 0.0556. The number of sulfonamides is 1. The Hall–Kier alpha value is -2.46. The van der Waals surface area contributed by atoms with Gasteiger partial charge in [0.25, 0.3) is 10.0 Å². The molecule has 0 atom stereocenters. The van der Waals surface area contributed by atoms with Crippen LogP contribution in [0.15, 0.2) is 65.6 Å². The minimum absolute atomic E-state index is 0.0693. The van der Waals surface area contributed by atoms with Crippen molar-refractivity contribution in [2.75, 3.05) is 10.0 Å². The number of halogens is 2. The molecule has 0 aliphatic carbocycles. The van der Waals surface area contributed by atoms with Gasteiger partial charge in [-0.1, -0.05) is 35.3 Å². The van der Waals surface area contributed by atoms with Crippen LogP contribution in [0, 0.1) is 0 Å². The quantitative estimate of drug-likeness (QED) is 0.470. The summed E-state index contributed by atoms with van der Waals surface area (Å²) in [6, 6.07) is 16.4. The molecule has 11 heteroatoms. The van der Waals surface area contributed by atoms with Gasteiger partial charge in [0.05, 0.1) is 4.90 Å². The third-order valence-corrected chi connectivity index (χ3v) is 5.73. The maximum atomic E-state index is 12.4. The molecule has 1 aromatic heterocycles. The number of hydrogen-bond acceptors (Lipinski definition) is 5. The van der Waals surface area contributed by atoms with Crippen molar-refractivity contribution in [1.82, 2.24) is 15.5 Å². The molecule has 0 spiro atoms. The normalized spacial score (nSPS) is 11.0. The Bertz CT molecular complexity index is 1090. The van der Waals surface area contributed by atoms with Crippen molar-refractivity contribution in [3.05, 3.63) is 76.4 Å². The molecule has 0 fully saturated rings. The van der Waals surface area contributed by atoms with Crippen LogP contribution < -0.4 is 15.4 Å². The zero-order valence-corrected chi connectivity index (χ0v) is 17.9. The molecule has 0 aliphatic rings. The average Bonchev–Trinajstić information content (AvgIpc) is 2.70. The predicted octanol–water partition coefficient (Wildman–Crippen LogP) is 4.07. The van der Waals surface area contributed by atoms with E-state index < -0.39 is 10.0 Å². The van der Waals surface area contributed by atoms with Crippen LogP contribution >= 0.6 is 35.4 Å². The van der Waals surface area contributed by atoms with E-state index in [1.165, 1.54) is 24.3 Å². The van der Waals surface area contributed by atoms with E-state index in [2.05, 4.69) is 25.6 Å². The van der Waals surface area contributed by atoms with E-state index in [-0.39, 0.29) is 15.9 Å². The highest BCUT2D eigenvalue weighted by atomic mass is 35.5. The van der Waals surface area contributed by atoms with Gasteiger partial charge >= 0.3 is 0 Å². The molecule has 3 aromatic rings. The monoisotopic (exact) mass is 467 g/mol. The summed E-state index contributed by atoms with van der Waals surface area (Å²) >= 11 is 16.8. The molecule has 0 amide bonds. The Labute approximate surface area is 183 Å². The molecule has 0 radical (unpaired) electrons. The van der Waals surface area contributed by atoms with E-state index in [4.69, 9.17) is 35.4 Å². The van der Waals surface area contributed by atoms with Crippen molar-refractivity contribution in [3.63, 3.8) is 0 Å². The number of benzene rings is 2. The van der Waals surface area contributed by atoms with Crippen LogP contribution in [0.3, 0.4) is 0 Å². The van der Waals surface area contributed by atoms with Crippen molar-refractivity contribution in [2.45, 2.75) is 11.4 Å². The van der Waals surface area contributed by atoms with Crippen molar-refractivity contribution in [1.29, 1.82) is 0 Å². The standard InChI is InChI=1S/C18H15Cl2N5O2S2/c19-13-3-1-12(2-4-13)11-21-18(28)22-14-5-7-15(8-6-14)29(26,27)25-17-10-9-16(20)23-24-17/h1-10H,11H2,(H,24,25)(H2,21,22,28). The maximum Gasteiger partial charge on any atom is 0.263 e. The van der Waals surface area contributed by atoms with Crippen LogP contribution in [-0.4, -0.2) is 23.7 Å². The number of hydrogen-bond donors (Lipinski definition) is 3. The van der Waals surface area contributed by atoms with Gasteiger partial charge in [-0.15, -0.1) is 10.2 Å². The Morgan fingerprint density at radius 1 is 0.931 bits per heavy atom. The zero-order valence-electron chi connectivity index (χ0n) is 14.8. The first-order chi connectivity index (χ1) is 13.8. The third-order valence-electron chi connectivity index (χ3n) is 3.66. The predicted molar refractivity (Wildman–Crippen MR) is 119 cm³/mol. The van der Waals surface area contributed by atoms with Crippen molar-refractivity contribution < 1.29 is 8.42 Å². The number of thiocarbonyl (C=S) groups is 1. The molecule has 2 aromatic carbocycles. The van der Waals surface area contributed by atoms with Crippen molar-refractivity contribution >= 4 is 62.1 Å². The Kier molecular flexibility index (Phi) is 6.86. The lowest BCUT2D eigenvalue weighted by Crippen LogP contribution is -2.27. The SMILES string of the molecule is O=S(=O)(Nc1ccc(Cl)nn1)c1ccc(NC(=S)NCc2ccc(Cl)cc2)cc1. The molecule has 0 unspecified atom stereocenters. The second-order valence-electron chi connectivity index (χ2n) is 5.81. The molecule has 29 heavy (non-hydrogen) atoms. The first kappa shape index (κ1) is 21.3. The highest BCUT2D eigenvalue weighted by Gasteiger charge is 2.15. The summed E-state index contributed by atoms with van der Waals surface area (Å²) in [5, 5.41) is 14.6. The molecule has 150 valence electrons. The number of anilines is 2. The fourth-order valence-corrected chi connectivity index (χ4v) is 3.66. The van der Waals surface area contributed by atoms with E-state index in [0.29, 0.717) is 22.4 Å². The van der Waals surface area contributed by atoms with E-state index in [0.717, 1.165) is 5.56 Å². The van der Waals surface area contributed by atoms with Gasteiger partial charge in [-0.05, 0) is 66.3 Å². The minimum Gasteiger partial charge on any atom is -0.358 e. The van der Waals surface area contributed by atoms with Crippen LogP contribution in [0.5, 0.6) is 0 Å². The molecule has 3 rings (SSSR count). The van der Waals surface area contributed by atoms with E-state index in [1.807, 2.05) is 12.1 Å². The van der Waals surface area contributed by atoms with E-state index in [9.17, 15) is 8.42 Å². The maximum absolute atomic E-state index is 12.4. The molecule has 0 bridgehead atoms. The topological polar surface area (TPSA) is 96.0 Å². The fourth-order valence-electron chi connectivity index (χ4n) is 2.24. The van der Waals surface area contributed by atoms with E-state index >= 15 is 0 Å². The molecule has 7 nitrogen and oxygen atoms in total. The summed E-state index contributed by atoms with van der Waals surface area (Å²) in [7, 11) is -3.80. The van der Waals surface area contributed by atoms with Gasteiger partial charge in [0, 0.05) is 17.3 Å². The third kappa shape index (κ3) is 6.26. The number of nitrogens with one attached hydrogen (secondary N) is 3. The summed E-state index contributed by atoms with van der Waals surface area (Å²) in [6.07, 6.45) is 0. The smallest absolute Gasteiger partial charge is 0.263 e. The molecular weight excluding hydrogens is 453 g/mol. The second-order valence-corrected chi connectivity index (χ2v) is 8.72. The van der Waals surface area contributed by atoms with Crippen LogP contribution in [0.25, 0.3) is 0 Å². The second kappa shape index (κ2) is 9.36. The summed E-state index contributed by atoms with van der Waals surface area (Å²) in [5.74, 6) is 0.0733. The minimum atomic E-state index is -3.80. The Morgan fingerprint density at radius 3 is 2.24 bits per heavy atom. The largest absolute Gasteiger partial charge is 0.358 e. The van der Waals surface area contributed by atoms with Crippen LogP contribution in [0.2, 0.25) is 10.2 Å². The van der Waals surface area contributed by atoms with Gasteiger partial charge in [0.2, 0.25) is 0 Å². The summed E-state index contributed by atoms with van der Waals surface area (Å²) in [5.41, 5.74) is 1.67. The summed E-state index contributed by atoms with van der Waals surface area (Å²) in [4.78, 5) is 0.0693. The van der Waals surface area contributed by atoms with Gasteiger partial charge in [-0.3, -0.25) is 4.72 Å². The van der Waals surface area contributed by atoms with Crippen LogP contribution in [0.4, 0.5) is 11.5 Å². The molecule has 0 saturated heterocycles. The van der Waals surface area contributed by atoms with Gasteiger partial charge in [-0.2, -0.15) is 0 Å². The van der Waals surface area contributed by atoms with Gasteiger partial charge in [0.15, 0.2) is 16.1 Å². The lowest BCUT2D eigenvalue weighted by molar-refractivity contribution is 0.601. The average molecular weight is 468 g/mol. The highest BCUT2D eigenvalue weighted by molar-refractivity contribution is 7.92. The van der Waals surface area contributed by atoms with Crippen LogP contribution in [0.1, 0.15) is 5.56 Å². The lowest BCUT2D eigenvalue weighted by atomic mass is 10.2. The summed E-state index contributed by atoms with van der Waals surface area (Å²) < 4.78 is 27.2. The van der Waals surface area contributed by atoms with Crippen molar-refractivity contribution in [3.8, 4) is 0 Å². The lowest BCUT2D eigenvalue weighted by Gasteiger charge is -2.12.